The van der Waals surface area contributed by atoms with Gasteiger partial charge in [0.25, 0.3) is 5.56 Å². The zero-order valence-corrected chi connectivity index (χ0v) is 18.1. The Labute approximate surface area is 184 Å². The smallest absolute Gasteiger partial charge is 0.266 e. The van der Waals surface area contributed by atoms with Crippen molar-refractivity contribution < 1.29 is 4.79 Å². The Morgan fingerprint density at radius 2 is 2.00 bits per heavy atom. The van der Waals surface area contributed by atoms with Crippen molar-refractivity contribution >= 4 is 28.6 Å². The van der Waals surface area contributed by atoms with Crippen molar-refractivity contribution in [2.24, 2.45) is 0 Å². The molecule has 0 unspecified atom stereocenters. The van der Waals surface area contributed by atoms with Gasteiger partial charge in [0.15, 0.2) is 5.16 Å². The van der Waals surface area contributed by atoms with Gasteiger partial charge in [-0.05, 0) is 62.6 Å². The molecule has 0 saturated heterocycles. The molecule has 3 aromatic rings. The number of nitriles is 1. The monoisotopic (exact) mass is 430 g/mol. The lowest BCUT2D eigenvalue weighted by Gasteiger charge is -2.22. The Kier molecular flexibility index (Phi) is 6.19. The van der Waals surface area contributed by atoms with E-state index in [0.717, 1.165) is 25.0 Å². The summed E-state index contributed by atoms with van der Waals surface area (Å²) in [5, 5.41) is 10.0. The van der Waals surface area contributed by atoms with Crippen molar-refractivity contribution in [3.8, 4) is 11.8 Å². The third-order valence-electron chi connectivity index (χ3n) is 5.31. The van der Waals surface area contributed by atoms with Gasteiger partial charge in [-0.3, -0.25) is 14.2 Å². The van der Waals surface area contributed by atoms with E-state index < -0.39 is 0 Å². The standard InChI is InChI=1S/C24H22N4O2S/c1-2-27(18-7-3-4-8-18)22(29)16-31-24-26-21-10-6-5-9-20(21)23(30)28(24)19-13-11-17(15-25)12-14-19/h5-7,9-14H,2-4,8,16H2,1H3. The van der Waals surface area contributed by atoms with Crippen LogP contribution in [-0.2, 0) is 4.79 Å². The van der Waals surface area contributed by atoms with Crippen LogP contribution in [0.1, 0.15) is 31.7 Å². The van der Waals surface area contributed by atoms with Crippen LogP contribution >= 0.6 is 11.8 Å². The van der Waals surface area contributed by atoms with Crippen LogP contribution in [0.5, 0.6) is 0 Å². The number of hydrogen-bond donors (Lipinski definition) is 0. The van der Waals surface area contributed by atoms with Crippen LogP contribution in [0.4, 0.5) is 0 Å². The summed E-state index contributed by atoms with van der Waals surface area (Å²) < 4.78 is 1.52. The Hall–Kier alpha value is -3.37. The summed E-state index contributed by atoms with van der Waals surface area (Å²) >= 11 is 1.26. The lowest BCUT2D eigenvalue weighted by atomic mass is 10.2. The molecule has 0 saturated carbocycles. The highest BCUT2D eigenvalue weighted by Crippen LogP contribution is 2.25. The van der Waals surface area contributed by atoms with Gasteiger partial charge in [-0.1, -0.05) is 30.0 Å². The number of rotatable bonds is 6. The first kappa shape index (κ1) is 20.9. The molecule has 0 aliphatic heterocycles. The molecular formula is C24H22N4O2S. The van der Waals surface area contributed by atoms with Gasteiger partial charge in [0.2, 0.25) is 5.91 Å². The molecular weight excluding hydrogens is 408 g/mol. The average Bonchev–Trinajstić information content (AvgIpc) is 3.33. The molecule has 156 valence electrons. The van der Waals surface area contributed by atoms with Crippen molar-refractivity contribution in [3.63, 3.8) is 0 Å². The number of nitrogens with zero attached hydrogens (tertiary/aromatic N) is 4. The molecule has 0 N–H and O–H groups in total. The summed E-state index contributed by atoms with van der Waals surface area (Å²) in [7, 11) is 0. The number of fused-ring (bicyclic) bond motifs is 1. The van der Waals surface area contributed by atoms with E-state index in [1.807, 2.05) is 17.9 Å². The molecule has 0 bridgehead atoms. The second-order valence-corrected chi connectivity index (χ2v) is 8.17. The predicted molar refractivity (Wildman–Crippen MR) is 122 cm³/mol. The first-order valence-electron chi connectivity index (χ1n) is 10.3. The van der Waals surface area contributed by atoms with Gasteiger partial charge in [0.05, 0.1) is 34.0 Å². The SMILES string of the molecule is CCN(C(=O)CSc1nc2ccccc2c(=O)n1-c1ccc(C#N)cc1)C1=CCCC1. The Balaban J connectivity index is 1.71. The third-order valence-corrected chi connectivity index (χ3v) is 6.23. The van der Waals surface area contributed by atoms with Crippen molar-refractivity contribution in [1.82, 2.24) is 14.5 Å². The molecule has 1 amide bonds. The lowest BCUT2D eigenvalue weighted by Crippen LogP contribution is -2.31. The number of carbonyl (C=O) groups is 1. The maximum absolute atomic E-state index is 13.3. The highest BCUT2D eigenvalue weighted by molar-refractivity contribution is 7.99. The molecule has 1 aliphatic carbocycles. The topological polar surface area (TPSA) is 79.0 Å². The molecule has 1 heterocycles. The zero-order valence-electron chi connectivity index (χ0n) is 17.2. The van der Waals surface area contributed by atoms with Gasteiger partial charge in [0, 0.05) is 12.2 Å². The van der Waals surface area contributed by atoms with E-state index in [0.29, 0.717) is 33.9 Å². The number of thioether (sulfide) groups is 1. The minimum Gasteiger partial charge on any atom is -0.316 e. The van der Waals surface area contributed by atoms with E-state index >= 15 is 0 Å². The highest BCUT2D eigenvalue weighted by atomic mass is 32.2. The fourth-order valence-corrected chi connectivity index (χ4v) is 4.65. The number of aromatic nitrogens is 2. The molecule has 2 aromatic carbocycles. The quantitative estimate of drug-likeness (QED) is 0.431. The van der Waals surface area contributed by atoms with Gasteiger partial charge >= 0.3 is 0 Å². The highest BCUT2D eigenvalue weighted by Gasteiger charge is 2.20. The van der Waals surface area contributed by atoms with Gasteiger partial charge in [-0.15, -0.1) is 0 Å². The van der Waals surface area contributed by atoms with Crippen LogP contribution in [0, 0.1) is 11.3 Å². The largest absolute Gasteiger partial charge is 0.316 e. The van der Waals surface area contributed by atoms with E-state index in [2.05, 4.69) is 17.1 Å². The molecule has 0 atom stereocenters. The zero-order chi connectivity index (χ0) is 21.8. The van der Waals surface area contributed by atoms with Gasteiger partial charge < -0.3 is 4.90 Å². The fraction of sp³-hybridized carbons (Fsp3) is 0.250. The number of benzene rings is 2. The molecule has 1 aliphatic rings. The minimum absolute atomic E-state index is 0.00874. The van der Waals surface area contributed by atoms with E-state index in [-0.39, 0.29) is 17.2 Å². The summed E-state index contributed by atoms with van der Waals surface area (Å²) in [4.78, 5) is 32.7. The molecule has 0 fully saturated rings. The van der Waals surface area contributed by atoms with E-state index in [1.165, 1.54) is 16.3 Å². The maximum Gasteiger partial charge on any atom is 0.266 e. The van der Waals surface area contributed by atoms with Gasteiger partial charge in [0.1, 0.15) is 0 Å². The molecule has 31 heavy (non-hydrogen) atoms. The first-order chi connectivity index (χ1) is 15.1. The molecule has 6 nitrogen and oxygen atoms in total. The molecule has 1 aromatic heterocycles. The van der Waals surface area contributed by atoms with Gasteiger partial charge in [-0.2, -0.15) is 5.26 Å². The third kappa shape index (κ3) is 4.25. The first-order valence-corrected chi connectivity index (χ1v) is 11.3. The predicted octanol–water partition coefficient (Wildman–Crippen LogP) is 4.27. The normalized spacial score (nSPS) is 13.1. The number of carbonyl (C=O) groups excluding carboxylic acids is 1. The second kappa shape index (κ2) is 9.19. The fourth-order valence-electron chi connectivity index (χ4n) is 3.76. The summed E-state index contributed by atoms with van der Waals surface area (Å²) in [5.41, 5.74) is 2.61. The maximum atomic E-state index is 13.3. The van der Waals surface area contributed by atoms with Crippen molar-refractivity contribution in [2.75, 3.05) is 12.3 Å². The van der Waals surface area contributed by atoms with Crippen LogP contribution < -0.4 is 5.56 Å². The van der Waals surface area contributed by atoms with Crippen LogP contribution in [-0.4, -0.2) is 32.7 Å². The minimum atomic E-state index is -0.198. The van der Waals surface area contributed by atoms with E-state index in [4.69, 9.17) is 5.26 Å². The Morgan fingerprint density at radius 3 is 2.68 bits per heavy atom. The van der Waals surface area contributed by atoms with Crippen LogP contribution in [0.25, 0.3) is 16.6 Å². The summed E-state index contributed by atoms with van der Waals surface area (Å²) in [5.74, 6) is 0.195. The number of hydrogen-bond acceptors (Lipinski definition) is 5. The van der Waals surface area contributed by atoms with Crippen molar-refractivity contribution in [3.05, 3.63) is 76.2 Å². The van der Waals surface area contributed by atoms with E-state index in [1.54, 1.807) is 42.5 Å². The molecule has 0 spiro atoms. The average molecular weight is 431 g/mol. The molecule has 7 heteroatoms. The lowest BCUT2D eigenvalue weighted by molar-refractivity contribution is -0.126. The van der Waals surface area contributed by atoms with Gasteiger partial charge in [-0.25, -0.2) is 4.98 Å². The second-order valence-electron chi connectivity index (χ2n) is 7.23. The Morgan fingerprint density at radius 1 is 1.23 bits per heavy atom. The Bertz CT molecular complexity index is 1260. The summed E-state index contributed by atoms with van der Waals surface area (Å²) in [6.07, 6.45) is 5.15. The van der Waals surface area contributed by atoms with Crippen molar-refractivity contribution in [2.45, 2.75) is 31.3 Å². The number of allylic oxidation sites excluding steroid dienone is 2. The summed E-state index contributed by atoms with van der Waals surface area (Å²) in [6.45, 7) is 2.60. The van der Waals surface area contributed by atoms with Crippen LogP contribution in [0.3, 0.4) is 0 Å². The number of para-hydroxylation sites is 1. The van der Waals surface area contributed by atoms with Crippen LogP contribution in [0.2, 0.25) is 0 Å². The van der Waals surface area contributed by atoms with Crippen molar-refractivity contribution in [1.29, 1.82) is 5.26 Å². The number of amides is 1. The molecule has 4 rings (SSSR count). The molecule has 0 radical (unpaired) electrons. The summed E-state index contributed by atoms with van der Waals surface area (Å²) in [6, 6.07) is 16.1. The van der Waals surface area contributed by atoms with E-state index in [9.17, 15) is 9.59 Å². The van der Waals surface area contributed by atoms with Crippen LogP contribution in [0.15, 0.2) is 70.3 Å².